The summed E-state index contributed by atoms with van der Waals surface area (Å²) in [7, 11) is 2.04. The van der Waals surface area contributed by atoms with E-state index in [-0.39, 0.29) is 11.8 Å². The van der Waals surface area contributed by atoms with E-state index in [4.69, 9.17) is 0 Å². The number of carbonyl (C=O) groups excluding carboxylic acids is 2. The second-order valence-electron chi connectivity index (χ2n) is 7.37. The lowest BCUT2D eigenvalue weighted by Crippen LogP contribution is -2.58. The molecule has 132 valence electrons. The van der Waals surface area contributed by atoms with Crippen molar-refractivity contribution in [2.75, 3.05) is 33.2 Å². The van der Waals surface area contributed by atoms with Crippen LogP contribution in [0.3, 0.4) is 0 Å². The predicted octanol–water partition coefficient (Wildman–Crippen LogP) is 0.727. The topological polar surface area (TPSA) is 72.5 Å². The molecule has 2 amide bonds. The van der Waals surface area contributed by atoms with Gasteiger partial charge in [0.25, 0.3) is 5.91 Å². The van der Waals surface area contributed by atoms with Crippen molar-refractivity contribution in [3.63, 3.8) is 0 Å². The maximum atomic E-state index is 13.0. The van der Waals surface area contributed by atoms with Gasteiger partial charge in [-0.3, -0.25) is 14.7 Å². The number of nitrogens with one attached hydrogen (secondary N) is 1. The molecule has 0 aliphatic carbocycles. The summed E-state index contributed by atoms with van der Waals surface area (Å²) in [5.74, 6) is 0.329. The fourth-order valence-corrected chi connectivity index (χ4v) is 3.57. The Labute approximate surface area is 143 Å². The SMILES string of the molecule is CC(C)CN1CCN(C(=O)c2n[nH]c3c2CN(C)CC3)[C@H](C)C1=O. The Morgan fingerprint density at radius 3 is 2.79 bits per heavy atom. The molecule has 0 unspecified atom stereocenters. The Hall–Kier alpha value is -1.89. The molecule has 0 radical (unpaired) electrons. The van der Waals surface area contributed by atoms with Crippen LogP contribution in [0, 0.1) is 5.92 Å². The molecule has 0 saturated carbocycles. The third kappa shape index (κ3) is 3.05. The summed E-state index contributed by atoms with van der Waals surface area (Å²) in [6, 6.07) is -0.432. The van der Waals surface area contributed by atoms with Crippen molar-refractivity contribution in [2.45, 2.75) is 39.8 Å². The van der Waals surface area contributed by atoms with Crippen molar-refractivity contribution in [3.05, 3.63) is 17.0 Å². The van der Waals surface area contributed by atoms with E-state index in [9.17, 15) is 9.59 Å². The first kappa shape index (κ1) is 17.0. The maximum absolute atomic E-state index is 13.0. The van der Waals surface area contributed by atoms with Gasteiger partial charge in [-0.1, -0.05) is 13.8 Å². The van der Waals surface area contributed by atoms with Gasteiger partial charge < -0.3 is 14.7 Å². The van der Waals surface area contributed by atoms with Gasteiger partial charge in [0.05, 0.1) is 0 Å². The predicted molar refractivity (Wildman–Crippen MR) is 90.5 cm³/mol. The number of H-pyrrole nitrogens is 1. The molecule has 2 aliphatic heterocycles. The zero-order valence-electron chi connectivity index (χ0n) is 15.0. The highest BCUT2D eigenvalue weighted by atomic mass is 16.2. The van der Waals surface area contributed by atoms with Crippen LogP contribution in [0.1, 0.15) is 42.5 Å². The lowest BCUT2D eigenvalue weighted by molar-refractivity contribution is -0.140. The first-order chi connectivity index (χ1) is 11.4. The van der Waals surface area contributed by atoms with Crippen LogP contribution in [-0.2, 0) is 17.8 Å². The molecule has 1 aromatic heterocycles. The molecule has 7 nitrogen and oxygen atoms in total. The Kier molecular flexibility index (Phi) is 4.62. The van der Waals surface area contributed by atoms with Gasteiger partial charge in [0.15, 0.2) is 5.69 Å². The van der Waals surface area contributed by atoms with E-state index in [1.807, 2.05) is 18.9 Å². The number of hydrogen-bond acceptors (Lipinski definition) is 4. The van der Waals surface area contributed by atoms with Gasteiger partial charge in [-0.2, -0.15) is 5.10 Å². The fourth-order valence-electron chi connectivity index (χ4n) is 3.57. The molecule has 7 heteroatoms. The molecule has 2 aliphatic rings. The Bertz CT molecular complexity index is 639. The minimum absolute atomic E-state index is 0.0322. The van der Waals surface area contributed by atoms with E-state index in [2.05, 4.69) is 28.9 Å². The largest absolute Gasteiger partial charge is 0.339 e. The highest BCUT2D eigenvalue weighted by molar-refractivity contribution is 5.98. The van der Waals surface area contributed by atoms with Crippen LogP contribution in [0.5, 0.6) is 0 Å². The number of aromatic amines is 1. The summed E-state index contributed by atoms with van der Waals surface area (Å²) >= 11 is 0. The fraction of sp³-hybridized carbons (Fsp3) is 0.706. The van der Waals surface area contributed by atoms with Crippen molar-refractivity contribution in [1.29, 1.82) is 0 Å². The molecule has 1 saturated heterocycles. The lowest BCUT2D eigenvalue weighted by atomic mass is 10.0. The molecule has 1 aromatic rings. The number of likely N-dealkylation sites (N-methyl/N-ethyl adjacent to an activating group) is 1. The van der Waals surface area contributed by atoms with Gasteiger partial charge >= 0.3 is 0 Å². The molecule has 0 bridgehead atoms. The highest BCUT2D eigenvalue weighted by Gasteiger charge is 2.37. The van der Waals surface area contributed by atoms with E-state index in [0.29, 0.717) is 24.7 Å². The van der Waals surface area contributed by atoms with Gasteiger partial charge in [0.1, 0.15) is 6.04 Å². The number of rotatable bonds is 3. The highest BCUT2D eigenvalue weighted by Crippen LogP contribution is 2.23. The van der Waals surface area contributed by atoms with Gasteiger partial charge in [0, 0.05) is 50.4 Å². The number of aromatic nitrogens is 2. The maximum Gasteiger partial charge on any atom is 0.275 e. The minimum Gasteiger partial charge on any atom is -0.339 e. The lowest BCUT2D eigenvalue weighted by Gasteiger charge is -2.39. The number of piperazine rings is 1. The summed E-state index contributed by atoms with van der Waals surface area (Å²) in [6.07, 6.45) is 0.878. The monoisotopic (exact) mass is 333 g/mol. The van der Waals surface area contributed by atoms with E-state index >= 15 is 0 Å². The first-order valence-corrected chi connectivity index (χ1v) is 8.73. The summed E-state index contributed by atoms with van der Waals surface area (Å²) < 4.78 is 0. The van der Waals surface area contributed by atoms with Gasteiger partial charge in [0.2, 0.25) is 5.91 Å². The number of amides is 2. The molecular formula is C17H27N5O2. The van der Waals surface area contributed by atoms with E-state index in [1.54, 1.807) is 4.90 Å². The third-order valence-corrected chi connectivity index (χ3v) is 4.92. The minimum atomic E-state index is -0.432. The van der Waals surface area contributed by atoms with Gasteiger partial charge in [-0.05, 0) is 19.9 Å². The molecule has 1 N–H and O–H groups in total. The summed E-state index contributed by atoms with van der Waals surface area (Å²) in [6.45, 7) is 9.61. The molecule has 3 heterocycles. The van der Waals surface area contributed by atoms with Crippen LogP contribution in [0.15, 0.2) is 0 Å². The van der Waals surface area contributed by atoms with Crippen LogP contribution in [0.2, 0.25) is 0 Å². The van der Waals surface area contributed by atoms with Gasteiger partial charge in [-0.15, -0.1) is 0 Å². The van der Waals surface area contributed by atoms with Crippen molar-refractivity contribution in [3.8, 4) is 0 Å². The number of fused-ring (bicyclic) bond motifs is 1. The number of carbonyl (C=O) groups is 2. The first-order valence-electron chi connectivity index (χ1n) is 8.73. The molecular weight excluding hydrogens is 306 g/mol. The van der Waals surface area contributed by atoms with E-state index < -0.39 is 6.04 Å². The van der Waals surface area contributed by atoms with Crippen LogP contribution >= 0.6 is 0 Å². The average molecular weight is 333 g/mol. The number of nitrogens with zero attached hydrogens (tertiary/aromatic N) is 4. The summed E-state index contributed by atoms with van der Waals surface area (Å²) in [5, 5.41) is 7.27. The van der Waals surface area contributed by atoms with Gasteiger partial charge in [-0.25, -0.2) is 0 Å². The zero-order valence-corrected chi connectivity index (χ0v) is 15.0. The Balaban J connectivity index is 1.77. The molecule has 1 fully saturated rings. The molecule has 0 spiro atoms. The van der Waals surface area contributed by atoms with Crippen LogP contribution in [-0.4, -0.2) is 76.0 Å². The third-order valence-electron chi connectivity index (χ3n) is 4.92. The van der Waals surface area contributed by atoms with Crippen LogP contribution in [0.4, 0.5) is 0 Å². The van der Waals surface area contributed by atoms with Crippen molar-refractivity contribution >= 4 is 11.8 Å². The smallest absolute Gasteiger partial charge is 0.275 e. The second-order valence-corrected chi connectivity index (χ2v) is 7.37. The van der Waals surface area contributed by atoms with Crippen LogP contribution in [0.25, 0.3) is 0 Å². The van der Waals surface area contributed by atoms with E-state index in [0.717, 1.165) is 37.3 Å². The zero-order chi connectivity index (χ0) is 17.4. The van der Waals surface area contributed by atoms with Crippen molar-refractivity contribution in [2.24, 2.45) is 5.92 Å². The Morgan fingerprint density at radius 2 is 2.08 bits per heavy atom. The van der Waals surface area contributed by atoms with Crippen LogP contribution < -0.4 is 0 Å². The standard InChI is InChI=1S/C17H27N5O2/c1-11(2)9-21-7-8-22(12(3)16(21)23)17(24)15-13-10-20(4)6-5-14(13)18-19-15/h11-12H,5-10H2,1-4H3,(H,18,19)/t12-/m1/s1. The normalized spacial score (nSPS) is 22.2. The average Bonchev–Trinajstić information content (AvgIpc) is 2.94. The van der Waals surface area contributed by atoms with Crippen molar-refractivity contribution < 1.29 is 9.59 Å². The second kappa shape index (κ2) is 6.55. The summed E-state index contributed by atoms with van der Waals surface area (Å²) in [4.78, 5) is 31.3. The molecule has 1 atom stereocenters. The molecule has 24 heavy (non-hydrogen) atoms. The molecule has 3 rings (SSSR count). The number of hydrogen-bond donors (Lipinski definition) is 1. The quantitative estimate of drug-likeness (QED) is 0.885. The van der Waals surface area contributed by atoms with Crippen molar-refractivity contribution in [1.82, 2.24) is 24.9 Å². The Morgan fingerprint density at radius 1 is 1.33 bits per heavy atom. The molecule has 0 aromatic carbocycles. The van der Waals surface area contributed by atoms with E-state index in [1.165, 1.54) is 0 Å². The summed E-state index contributed by atoms with van der Waals surface area (Å²) in [5.41, 5.74) is 2.51.